The summed E-state index contributed by atoms with van der Waals surface area (Å²) in [5, 5.41) is 6.27. The number of nitrogens with zero attached hydrogens (tertiary/aromatic N) is 1. The highest BCUT2D eigenvalue weighted by Gasteiger charge is 2.17. The van der Waals surface area contributed by atoms with Gasteiger partial charge in [0.15, 0.2) is 0 Å². The Kier molecular flexibility index (Phi) is 6.72. The average Bonchev–Trinajstić information content (AvgIpc) is 2.08. The van der Waals surface area contributed by atoms with Crippen LogP contribution in [0.2, 0.25) is 0 Å². The monoisotopic (exact) mass is 243 g/mol. The van der Waals surface area contributed by atoms with Gasteiger partial charge >= 0.3 is 0 Å². The van der Waals surface area contributed by atoms with Crippen LogP contribution in [0.5, 0.6) is 0 Å². The van der Waals surface area contributed by atoms with Gasteiger partial charge in [-0.2, -0.15) is 0 Å². The first kappa shape index (κ1) is 16.4. The normalized spacial score (nSPS) is 14.2. The number of hydrogen-bond donors (Lipinski definition) is 2. The smallest absolute Gasteiger partial charge is 0.234 e. The van der Waals surface area contributed by atoms with Gasteiger partial charge in [0.25, 0.3) is 0 Å². The quantitative estimate of drug-likeness (QED) is 0.733. The predicted molar refractivity (Wildman–Crippen MR) is 73.1 cm³/mol. The fourth-order valence-corrected chi connectivity index (χ4v) is 1.59. The van der Waals surface area contributed by atoms with E-state index in [2.05, 4.69) is 29.4 Å². The lowest BCUT2D eigenvalue weighted by Gasteiger charge is -2.27. The van der Waals surface area contributed by atoms with Crippen LogP contribution < -0.4 is 10.6 Å². The Morgan fingerprint density at radius 1 is 1.24 bits per heavy atom. The third kappa shape index (κ3) is 9.12. The van der Waals surface area contributed by atoms with Gasteiger partial charge < -0.3 is 15.5 Å². The predicted octanol–water partition coefficient (Wildman–Crippen LogP) is 1.08. The maximum Gasteiger partial charge on any atom is 0.234 e. The first-order valence-electron chi connectivity index (χ1n) is 6.31. The lowest BCUT2D eigenvalue weighted by atomic mass is 10.0. The number of likely N-dealkylation sites (N-methyl/N-ethyl adjacent to an activating group) is 1. The van der Waals surface area contributed by atoms with Crippen molar-refractivity contribution in [3.05, 3.63) is 0 Å². The summed E-state index contributed by atoms with van der Waals surface area (Å²) in [7, 11) is 4.10. The van der Waals surface area contributed by atoms with E-state index in [0.29, 0.717) is 18.5 Å². The van der Waals surface area contributed by atoms with Gasteiger partial charge in [-0.3, -0.25) is 4.79 Å². The number of carbonyl (C=O) groups excluding carboxylic acids is 1. The van der Waals surface area contributed by atoms with Crippen LogP contribution in [-0.4, -0.2) is 49.6 Å². The molecule has 1 amide bonds. The molecule has 1 atom stereocenters. The first-order chi connectivity index (χ1) is 7.61. The molecular formula is C13H29N3O. The van der Waals surface area contributed by atoms with Crippen molar-refractivity contribution in [1.29, 1.82) is 0 Å². The summed E-state index contributed by atoms with van der Waals surface area (Å²) in [5.41, 5.74) is -0.159. The Morgan fingerprint density at radius 2 is 1.76 bits per heavy atom. The van der Waals surface area contributed by atoms with Gasteiger partial charge in [0.1, 0.15) is 0 Å². The second kappa shape index (κ2) is 6.97. The zero-order valence-electron chi connectivity index (χ0n) is 12.4. The molecule has 0 aliphatic rings. The Morgan fingerprint density at radius 3 is 2.12 bits per heavy atom. The Balaban J connectivity index is 4.09. The van der Waals surface area contributed by atoms with Crippen molar-refractivity contribution >= 4 is 5.91 Å². The van der Waals surface area contributed by atoms with Gasteiger partial charge in [-0.15, -0.1) is 0 Å². The molecule has 0 saturated heterocycles. The number of amides is 1. The number of nitrogens with one attached hydrogen (secondary N) is 2. The molecule has 0 bridgehead atoms. The molecule has 2 N–H and O–H groups in total. The molecule has 0 radical (unpaired) electrons. The van der Waals surface area contributed by atoms with E-state index in [1.165, 1.54) is 0 Å². The summed E-state index contributed by atoms with van der Waals surface area (Å²) in [6, 6.07) is 0.343. The van der Waals surface area contributed by atoms with Crippen LogP contribution >= 0.6 is 0 Å². The molecule has 0 aliphatic heterocycles. The van der Waals surface area contributed by atoms with Crippen molar-refractivity contribution < 1.29 is 4.79 Å². The fraction of sp³-hybridized carbons (Fsp3) is 0.923. The summed E-state index contributed by atoms with van der Waals surface area (Å²) in [4.78, 5) is 13.8. The summed E-state index contributed by atoms with van der Waals surface area (Å²) in [6.45, 7) is 11.6. The molecule has 0 aromatic carbocycles. The molecule has 4 heteroatoms. The number of carbonyl (C=O) groups is 1. The van der Waals surface area contributed by atoms with Gasteiger partial charge in [0.2, 0.25) is 5.91 Å². The molecule has 0 aromatic rings. The third-order valence-electron chi connectivity index (χ3n) is 2.41. The lowest BCUT2D eigenvalue weighted by Crippen LogP contribution is -2.49. The van der Waals surface area contributed by atoms with Gasteiger partial charge in [0, 0.05) is 18.1 Å². The second-order valence-corrected chi connectivity index (χ2v) is 6.29. The molecule has 0 aliphatic carbocycles. The maximum atomic E-state index is 11.7. The van der Waals surface area contributed by atoms with E-state index in [1.807, 2.05) is 34.9 Å². The van der Waals surface area contributed by atoms with E-state index < -0.39 is 0 Å². The fourth-order valence-electron chi connectivity index (χ4n) is 1.59. The minimum Gasteiger partial charge on any atom is -0.350 e. The molecule has 0 aromatic heterocycles. The van der Waals surface area contributed by atoms with Crippen LogP contribution in [-0.2, 0) is 4.79 Å². The summed E-state index contributed by atoms with van der Waals surface area (Å²) >= 11 is 0. The zero-order chi connectivity index (χ0) is 13.6. The van der Waals surface area contributed by atoms with Crippen LogP contribution in [0.15, 0.2) is 0 Å². The standard InChI is InChI=1S/C13H29N3O/c1-10(2)11(9-16(6)7)14-8-12(17)15-13(3,4)5/h10-11,14H,8-9H2,1-7H3,(H,15,17). The molecule has 0 saturated carbocycles. The van der Waals surface area contributed by atoms with Gasteiger partial charge in [0.05, 0.1) is 6.54 Å². The molecule has 0 fully saturated rings. The van der Waals surface area contributed by atoms with Crippen LogP contribution in [0.3, 0.4) is 0 Å². The summed E-state index contributed by atoms with van der Waals surface area (Å²) in [5.74, 6) is 0.571. The molecule has 4 nitrogen and oxygen atoms in total. The largest absolute Gasteiger partial charge is 0.350 e. The van der Waals surface area contributed by atoms with Crippen LogP contribution in [0, 0.1) is 5.92 Å². The Labute approximate surface area is 106 Å². The number of hydrogen-bond acceptors (Lipinski definition) is 3. The molecule has 0 heterocycles. The minimum absolute atomic E-state index is 0.0573. The molecular weight excluding hydrogens is 214 g/mol. The van der Waals surface area contributed by atoms with Crippen molar-refractivity contribution in [3.63, 3.8) is 0 Å². The van der Waals surface area contributed by atoms with E-state index in [0.717, 1.165) is 6.54 Å². The molecule has 1 unspecified atom stereocenters. The highest BCUT2D eigenvalue weighted by molar-refractivity contribution is 5.78. The van der Waals surface area contributed by atoms with Crippen LogP contribution in [0.1, 0.15) is 34.6 Å². The minimum atomic E-state index is -0.159. The van der Waals surface area contributed by atoms with Crippen molar-refractivity contribution in [2.45, 2.75) is 46.2 Å². The van der Waals surface area contributed by atoms with Crippen molar-refractivity contribution in [2.24, 2.45) is 5.92 Å². The van der Waals surface area contributed by atoms with E-state index in [1.54, 1.807) is 0 Å². The average molecular weight is 243 g/mol. The highest BCUT2D eigenvalue weighted by Crippen LogP contribution is 2.02. The molecule has 0 spiro atoms. The van der Waals surface area contributed by atoms with Gasteiger partial charge in [-0.1, -0.05) is 13.8 Å². The highest BCUT2D eigenvalue weighted by atomic mass is 16.2. The molecule has 102 valence electrons. The van der Waals surface area contributed by atoms with E-state index in [4.69, 9.17) is 0 Å². The van der Waals surface area contributed by atoms with E-state index >= 15 is 0 Å². The van der Waals surface area contributed by atoms with Crippen molar-refractivity contribution in [1.82, 2.24) is 15.5 Å². The van der Waals surface area contributed by atoms with Crippen LogP contribution in [0.4, 0.5) is 0 Å². The third-order valence-corrected chi connectivity index (χ3v) is 2.41. The zero-order valence-corrected chi connectivity index (χ0v) is 12.4. The van der Waals surface area contributed by atoms with E-state index in [9.17, 15) is 4.79 Å². The first-order valence-corrected chi connectivity index (χ1v) is 6.31. The number of rotatable bonds is 6. The van der Waals surface area contributed by atoms with Crippen molar-refractivity contribution in [2.75, 3.05) is 27.2 Å². The SMILES string of the molecule is CC(C)C(CN(C)C)NCC(=O)NC(C)(C)C. The summed E-state index contributed by atoms with van der Waals surface area (Å²) < 4.78 is 0. The van der Waals surface area contributed by atoms with E-state index in [-0.39, 0.29) is 11.4 Å². The maximum absolute atomic E-state index is 11.7. The summed E-state index contributed by atoms with van der Waals surface area (Å²) in [6.07, 6.45) is 0. The Hall–Kier alpha value is -0.610. The Bertz CT molecular complexity index is 231. The van der Waals surface area contributed by atoms with Crippen molar-refractivity contribution in [3.8, 4) is 0 Å². The van der Waals surface area contributed by atoms with Gasteiger partial charge in [-0.25, -0.2) is 0 Å². The van der Waals surface area contributed by atoms with Crippen LogP contribution in [0.25, 0.3) is 0 Å². The second-order valence-electron chi connectivity index (χ2n) is 6.29. The molecule has 0 rings (SSSR count). The molecule has 17 heavy (non-hydrogen) atoms. The van der Waals surface area contributed by atoms with Gasteiger partial charge in [-0.05, 0) is 40.8 Å². The topological polar surface area (TPSA) is 44.4 Å². The lowest BCUT2D eigenvalue weighted by molar-refractivity contribution is -0.121.